The molecule has 0 spiro atoms. The van der Waals surface area contributed by atoms with Crippen molar-refractivity contribution in [2.24, 2.45) is 11.3 Å². The van der Waals surface area contributed by atoms with Gasteiger partial charge in [0.1, 0.15) is 5.82 Å². The Labute approximate surface area is 165 Å². The van der Waals surface area contributed by atoms with Gasteiger partial charge in [-0.3, -0.25) is 4.79 Å². The lowest BCUT2D eigenvalue weighted by Gasteiger charge is -2.38. The Hall–Kier alpha value is -2.16. The van der Waals surface area contributed by atoms with E-state index >= 15 is 0 Å². The summed E-state index contributed by atoms with van der Waals surface area (Å²) in [6.07, 6.45) is -2.19. The summed E-state index contributed by atoms with van der Waals surface area (Å²) in [5, 5.41) is 19.6. The summed E-state index contributed by atoms with van der Waals surface area (Å²) in [7, 11) is 0. The van der Waals surface area contributed by atoms with Crippen LogP contribution < -0.4 is 0 Å². The maximum Gasteiger partial charge on any atom is 0.416 e. The molecule has 150 valence electrons. The van der Waals surface area contributed by atoms with Crippen molar-refractivity contribution in [2.75, 3.05) is 0 Å². The summed E-state index contributed by atoms with van der Waals surface area (Å²) in [5.74, 6) is -5.87. The van der Waals surface area contributed by atoms with Crippen molar-refractivity contribution in [3.05, 3.63) is 56.8 Å². The SMILES string of the molecule is CC1(C(=O)O)C=C(C2CC2)C(Br)=C(C(=O)O)C1c1ccc(F)cc1C(F)(F)F. The predicted octanol–water partition coefficient (Wildman–Crippen LogP) is 5.10. The summed E-state index contributed by atoms with van der Waals surface area (Å²) in [6, 6.07) is 1.83. The second kappa shape index (κ2) is 6.72. The van der Waals surface area contributed by atoms with Gasteiger partial charge in [-0.15, -0.1) is 0 Å². The molecule has 2 atom stereocenters. The van der Waals surface area contributed by atoms with Gasteiger partial charge < -0.3 is 10.2 Å². The normalized spacial score (nSPS) is 25.5. The molecule has 1 fully saturated rings. The lowest BCUT2D eigenvalue weighted by atomic mass is 9.64. The lowest BCUT2D eigenvalue weighted by molar-refractivity contribution is -0.148. The molecule has 0 amide bonds. The largest absolute Gasteiger partial charge is 0.481 e. The van der Waals surface area contributed by atoms with E-state index in [2.05, 4.69) is 15.9 Å². The van der Waals surface area contributed by atoms with Crippen molar-refractivity contribution in [3.8, 4) is 0 Å². The van der Waals surface area contributed by atoms with Gasteiger partial charge in [0.2, 0.25) is 0 Å². The fourth-order valence-corrected chi connectivity index (χ4v) is 4.49. The zero-order valence-electron chi connectivity index (χ0n) is 14.5. The van der Waals surface area contributed by atoms with E-state index in [-0.39, 0.29) is 16.5 Å². The zero-order chi connectivity index (χ0) is 21.0. The number of benzene rings is 1. The highest BCUT2D eigenvalue weighted by molar-refractivity contribution is 9.12. The minimum absolute atomic E-state index is 0.0429. The molecule has 1 saturated carbocycles. The maximum absolute atomic E-state index is 13.6. The quantitative estimate of drug-likeness (QED) is 0.610. The van der Waals surface area contributed by atoms with E-state index < -0.39 is 52.0 Å². The van der Waals surface area contributed by atoms with Gasteiger partial charge in [0.05, 0.1) is 16.6 Å². The van der Waals surface area contributed by atoms with Crippen LogP contribution >= 0.6 is 15.9 Å². The van der Waals surface area contributed by atoms with E-state index in [0.29, 0.717) is 5.57 Å². The van der Waals surface area contributed by atoms with Gasteiger partial charge >= 0.3 is 18.1 Å². The van der Waals surface area contributed by atoms with Crippen molar-refractivity contribution < 1.29 is 37.4 Å². The molecule has 2 aliphatic rings. The molecule has 0 saturated heterocycles. The molecule has 1 aromatic rings. The summed E-state index contributed by atoms with van der Waals surface area (Å²) < 4.78 is 54.3. The predicted molar refractivity (Wildman–Crippen MR) is 94.3 cm³/mol. The van der Waals surface area contributed by atoms with Crippen LogP contribution in [0.5, 0.6) is 0 Å². The number of hydrogen-bond donors (Lipinski definition) is 2. The fourth-order valence-electron chi connectivity index (χ4n) is 3.65. The van der Waals surface area contributed by atoms with Gasteiger partial charge in [-0.2, -0.15) is 13.2 Å². The molecule has 0 aliphatic heterocycles. The Balaban J connectivity index is 2.35. The first kappa shape index (κ1) is 20.6. The molecule has 1 aromatic carbocycles. The Bertz CT molecular complexity index is 930. The van der Waals surface area contributed by atoms with Gasteiger partial charge in [0.15, 0.2) is 0 Å². The minimum Gasteiger partial charge on any atom is -0.481 e. The second-order valence-electron chi connectivity index (χ2n) is 7.16. The van der Waals surface area contributed by atoms with Crippen LogP contribution in [0.25, 0.3) is 0 Å². The number of carboxylic acid groups (broad SMARTS) is 2. The van der Waals surface area contributed by atoms with Crippen LogP contribution in [0, 0.1) is 17.2 Å². The summed E-state index contributed by atoms with van der Waals surface area (Å²) in [5.41, 5.74) is -3.96. The summed E-state index contributed by atoms with van der Waals surface area (Å²) >= 11 is 3.17. The molecule has 9 heteroatoms. The molecule has 3 rings (SSSR count). The molecular formula is C19H15BrF4O4. The zero-order valence-corrected chi connectivity index (χ0v) is 16.1. The highest BCUT2D eigenvalue weighted by Crippen LogP contribution is 2.56. The molecule has 2 N–H and O–H groups in total. The van der Waals surface area contributed by atoms with E-state index in [1.807, 2.05) is 0 Å². The van der Waals surface area contributed by atoms with E-state index in [1.165, 1.54) is 13.0 Å². The number of allylic oxidation sites excluding steroid dienone is 2. The number of rotatable bonds is 4. The number of aliphatic carboxylic acids is 2. The van der Waals surface area contributed by atoms with Crippen LogP contribution in [0.2, 0.25) is 0 Å². The molecule has 2 aliphatic carbocycles. The molecule has 0 aromatic heterocycles. The van der Waals surface area contributed by atoms with Crippen LogP contribution in [0.3, 0.4) is 0 Å². The molecule has 0 bridgehead atoms. The van der Waals surface area contributed by atoms with Crippen LogP contribution in [0.1, 0.15) is 36.8 Å². The highest BCUT2D eigenvalue weighted by atomic mass is 79.9. The van der Waals surface area contributed by atoms with Gasteiger partial charge in [-0.1, -0.05) is 12.1 Å². The smallest absolute Gasteiger partial charge is 0.416 e. The Morgan fingerprint density at radius 1 is 1.21 bits per heavy atom. The van der Waals surface area contributed by atoms with Crippen LogP contribution in [0.15, 0.2) is 39.9 Å². The average Bonchev–Trinajstić information content (AvgIpc) is 3.40. The van der Waals surface area contributed by atoms with E-state index in [4.69, 9.17) is 0 Å². The number of carboxylic acids is 2. The highest BCUT2D eigenvalue weighted by Gasteiger charge is 2.52. The standard InChI is InChI=1S/C19H15BrF4O4/c1-18(17(27)28)7-11(8-2-3-8)15(20)13(16(25)26)14(18)10-5-4-9(21)6-12(10)19(22,23)24/h4-8,14H,2-3H2,1H3,(H,25,26)(H,27,28). The summed E-state index contributed by atoms with van der Waals surface area (Å²) in [4.78, 5) is 24.1. The first-order valence-corrected chi connectivity index (χ1v) is 9.13. The Morgan fingerprint density at radius 2 is 1.82 bits per heavy atom. The summed E-state index contributed by atoms with van der Waals surface area (Å²) in [6.45, 7) is 1.19. The third-order valence-corrected chi connectivity index (χ3v) is 6.06. The van der Waals surface area contributed by atoms with Gasteiger partial charge in [0, 0.05) is 10.4 Å². The first-order chi connectivity index (χ1) is 12.9. The first-order valence-electron chi connectivity index (χ1n) is 8.34. The third kappa shape index (κ3) is 3.36. The maximum atomic E-state index is 13.6. The Morgan fingerprint density at radius 3 is 2.29 bits per heavy atom. The van der Waals surface area contributed by atoms with Gasteiger partial charge in [-0.25, -0.2) is 9.18 Å². The van der Waals surface area contributed by atoms with Gasteiger partial charge in [-0.05, 0) is 64.9 Å². The van der Waals surface area contributed by atoms with Gasteiger partial charge in [0.25, 0.3) is 0 Å². The molecule has 0 radical (unpaired) electrons. The van der Waals surface area contributed by atoms with E-state index in [9.17, 15) is 37.4 Å². The minimum atomic E-state index is -4.99. The Kier molecular flexibility index (Phi) is 4.94. The lowest BCUT2D eigenvalue weighted by Crippen LogP contribution is -2.39. The van der Waals surface area contributed by atoms with Crippen molar-refractivity contribution >= 4 is 27.9 Å². The molecule has 28 heavy (non-hydrogen) atoms. The third-order valence-electron chi connectivity index (χ3n) is 5.17. The van der Waals surface area contributed by atoms with Crippen LogP contribution in [-0.2, 0) is 15.8 Å². The topological polar surface area (TPSA) is 74.6 Å². The van der Waals surface area contributed by atoms with E-state index in [1.54, 1.807) is 0 Å². The number of hydrogen-bond acceptors (Lipinski definition) is 2. The van der Waals surface area contributed by atoms with Crippen molar-refractivity contribution in [1.82, 2.24) is 0 Å². The van der Waals surface area contributed by atoms with Crippen LogP contribution in [-0.4, -0.2) is 22.2 Å². The second-order valence-corrected chi connectivity index (χ2v) is 7.95. The van der Waals surface area contributed by atoms with Crippen molar-refractivity contribution in [1.29, 1.82) is 0 Å². The number of alkyl halides is 3. The molecular weight excluding hydrogens is 448 g/mol. The average molecular weight is 463 g/mol. The number of halogens is 5. The van der Waals surface area contributed by atoms with Crippen molar-refractivity contribution in [3.63, 3.8) is 0 Å². The monoisotopic (exact) mass is 462 g/mol. The molecule has 4 nitrogen and oxygen atoms in total. The van der Waals surface area contributed by atoms with Crippen molar-refractivity contribution in [2.45, 2.75) is 31.9 Å². The van der Waals surface area contributed by atoms with E-state index in [0.717, 1.165) is 25.0 Å². The fraction of sp³-hybridized carbons (Fsp3) is 0.368. The molecule has 0 heterocycles. The van der Waals surface area contributed by atoms with Crippen LogP contribution in [0.4, 0.5) is 17.6 Å². The molecule has 2 unspecified atom stereocenters. The number of carbonyl (C=O) groups is 2.